The summed E-state index contributed by atoms with van der Waals surface area (Å²) in [6.45, 7) is 10.3. The summed E-state index contributed by atoms with van der Waals surface area (Å²) in [4.78, 5) is 14.3. The van der Waals surface area contributed by atoms with Crippen molar-refractivity contribution in [2.45, 2.75) is 116 Å². The van der Waals surface area contributed by atoms with E-state index in [0.29, 0.717) is 45.0 Å². The maximum absolute atomic E-state index is 12.5. The molecule has 1 aliphatic heterocycles. The molecule has 0 unspecified atom stereocenters. The summed E-state index contributed by atoms with van der Waals surface area (Å²) in [5.74, 6) is 1.38. The van der Waals surface area contributed by atoms with Gasteiger partial charge in [0.15, 0.2) is 0 Å². The van der Waals surface area contributed by atoms with E-state index in [0.717, 1.165) is 65.8 Å². The van der Waals surface area contributed by atoms with Crippen LogP contribution < -0.4 is 9.47 Å². The van der Waals surface area contributed by atoms with Crippen LogP contribution >= 0.6 is 0 Å². The fraction of sp³-hybridized carbons (Fsp3) is 0.611. The lowest BCUT2D eigenvalue weighted by Crippen LogP contribution is -2.44. The number of rotatable bonds is 12. The minimum atomic E-state index is -0.513. The molecule has 0 N–H and O–H groups in total. The van der Waals surface area contributed by atoms with E-state index in [1.54, 1.807) is 12.0 Å². The highest BCUT2D eigenvalue weighted by Gasteiger charge is 2.28. The summed E-state index contributed by atoms with van der Waals surface area (Å²) in [5.41, 5.74) is 4.52. The smallest absolute Gasteiger partial charge is 0.410 e. The molecule has 2 aromatic heterocycles. The van der Waals surface area contributed by atoms with Gasteiger partial charge in [-0.25, -0.2) is 4.79 Å². The summed E-state index contributed by atoms with van der Waals surface area (Å²) < 4.78 is 25.8. The number of piperidine rings is 1. The zero-order chi connectivity index (χ0) is 32.5. The molecule has 2 aliphatic rings. The van der Waals surface area contributed by atoms with E-state index in [9.17, 15) is 4.79 Å². The van der Waals surface area contributed by atoms with Gasteiger partial charge in [-0.15, -0.1) is 5.10 Å². The molecular weight excluding hydrogens is 582 g/mol. The number of aryl methyl sites for hydroxylation is 1. The normalized spacial score (nSPS) is 16.4. The summed E-state index contributed by atoms with van der Waals surface area (Å²) >= 11 is 0. The van der Waals surface area contributed by atoms with Crippen molar-refractivity contribution in [3.05, 3.63) is 42.4 Å². The van der Waals surface area contributed by atoms with Crippen LogP contribution in [0.1, 0.15) is 91.2 Å². The highest BCUT2D eigenvalue weighted by atomic mass is 16.6. The predicted octanol–water partition coefficient (Wildman–Crippen LogP) is 7.49. The second-order valence-electron chi connectivity index (χ2n) is 13.5. The van der Waals surface area contributed by atoms with E-state index < -0.39 is 5.60 Å². The number of nitrogens with zero attached hydrogens (tertiary/aromatic N) is 5. The van der Waals surface area contributed by atoms with Gasteiger partial charge in [0, 0.05) is 62.0 Å². The first-order valence-electron chi connectivity index (χ1n) is 17.1. The number of hydrogen-bond acceptors (Lipinski definition) is 8. The molecule has 46 heavy (non-hydrogen) atoms. The maximum atomic E-state index is 12.5. The van der Waals surface area contributed by atoms with Crippen LogP contribution in [0.3, 0.4) is 0 Å². The first kappa shape index (κ1) is 33.7. The molecule has 2 fully saturated rings. The molecule has 10 nitrogen and oxygen atoms in total. The summed E-state index contributed by atoms with van der Waals surface area (Å²) in [6, 6.07) is 8.46. The Morgan fingerprint density at radius 3 is 2.41 bits per heavy atom. The van der Waals surface area contributed by atoms with Crippen molar-refractivity contribution in [2.24, 2.45) is 0 Å². The Labute approximate surface area is 273 Å². The van der Waals surface area contributed by atoms with Crippen LogP contribution in [0.2, 0.25) is 0 Å². The van der Waals surface area contributed by atoms with Crippen LogP contribution in [-0.4, -0.2) is 75.6 Å². The van der Waals surface area contributed by atoms with Gasteiger partial charge in [-0.3, -0.25) is 4.68 Å². The number of methoxy groups -OCH3 is 1. The monoisotopic (exact) mass is 633 g/mol. The lowest BCUT2D eigenvalue weighted by molar-refractivity contribution is 0.0122. The van der Waals surface area contributed by atoms with Crippen molar-refractivity contribution in [3.8, 4) is 33.9 Å². The topological polar surface area (TPSA) is 101 Å². The van der Waals surface area contributed by atoms with Crippen molar-refractivity contribution in [1.82, 2.24) is 24.9 Å². The number of ether oxygens (including phenoxy) is 4. The minimum Gasteiger partial charge on any atom is -0.490 e. The first-order chi connectivity index (χ1) is 22.2. The largest absolute Gasteiger partial charge is 0.490 e. The van der Waals surface area contributed by atoms with Crippen LogP contribution in [0.4, 0.5) is 4.79 Å². The van der Waals surface area contributed by atoms with Gasteiger partial charge in [0.1, 0.15) is 17.5 Å². The van der Waals surface area contributed by atoms with Gasteiger partial charge in [-0.2, -0.15) is 10.2 Å². The third kappa shape index (κ3) is 9.21. The third-order valence-electron chi connectivity index (χ3n) is 8.60. The Morgan fingerprint density at radius 1 is 0.935 bits per heavy atom. The van der Waals surface area contributed by atoms with Crippen molar-refractivity contribution in [1.29, 1.82) is 0 Å². The average Bonchev–Trinajstić information content (AvgIpc) is 3.52. The van der Waals surface area contributed by atoms with Gasteiger partial charge in [0.25, 0.3) is 0 Å². The number of carbonyl (C=O) groups is 1. The molecule has 1 aromatic carbocycles. The van der Waals surface area contributed by atoms with Gasteiger partial charge in [-0.1, -0.05) is 25.8 Å². The molecule has 1 saturated heterocycles. The molecule has 5 rings (SSSR count). The Kier molecular flexibility index (Phi) is 11.5. The Hall–Kier alpha value is -3.66. The van der Waals surface area contributed by atoms with Crippen LogP contribution in [0.5, 0.6) is 11.6 Å². The van der Waals surface area contributed by atoms with Crippen LogP contribution in [-0.2, 0) is 22.4 Å². The van der Waals surface area contributed by atoms with Crippen molar-refractivity contribution >= 4 is 6.09 Å². The van der Waals surface area contributed by atoms with Crippen LogP contribution in [0, 0.1) is 0 Å². The summed E-state index contributed by atoms with van der Waals surface area (Å²) in [7, 11) is 1.70. The van der Waals surface area contributed by atoms with Crippen molar-refractivity contribution in [3.63, 3.8) is 0 Å². The van der Waals surface area contributed by atoms with E-state index in [-0.39, 0.29) is 18.3 Å². The Morgan fingerprint density at radius 2 is 1.70 bits per heavy atom. The second-order valence-corrected chi connectivity index (χ2v) is 13.5. The molecule has 3 heterocycles. The van der Waals surface area contributed by atoms with Gasteiger partial charge in [-0.05, 0) is 77.0 Å². The number of unbranched alkanes of at least 4 members (excludes halogenated alkanes) is 1. The van der Waals surface area contributed by atoms with Gasteiger partial charge in [0.2, 0.25) is 5.88 Å². The zero-order valence-corrected chi connectivity index (χ0v) is 28.3. The quantitative estimate of drug-likeness (QED) is 0.202. The predicted molar refractivity (Wildman–Crippen MR) is 178 cm³/mol. The molecular formula is C36H51N5O5. The molecule has 0 bridgehead atoms. The SMILES string of the molecule is CCCCc1nnc(OC2CCN(C(=O)OC(C)(C)C)CC2)cc1-c1ccc(OC2CCCCC2)c(-c2cnn(CCOC)c2)c1. The number of amides is 1. The molecule has 0 spiro atoms. The molecule has 0 radical (unpaired) electrons. The van der Waals surface area contributed by atoms with Crippen LogP contribution in [0.15, 0.2) is 36.7 Å². The zero-order valence-electron chi connectivity index (χ0n) is 28.3. The van der Waals surface area contributed by atoms with Gasteiger partial charge in [0.05, 0.1) is 31.1 Å². The number of carbonyl (C=O) groups excluding carboxylic acids is 1. The molecule has 0 atom stereocenters. The second kappa shape index (κ2) is 15.8. The van der Waals surface area contributed by atoms with Crippen LogP contribution in [0.25, 0.3) is 22.3 Å². The standard InChI is InChI=1S/C36H51N5O5/c1-6-7-13-32-30(23-34(39-38-32)45-29-16-18-40(19-17-29)35(42)46-36(2,3)4)26-14-15-33(44-28-11-9-8-10-12-28)31(22-26)27-24-37-41(25-27)20-21-43-5/h14-15,22-25,28-29H,6-13,16-21H2,1-5H3. The first-order valence-corrected chi connectivity index (χ1v) is 17.1. The number of hydrogen-bond donors (Lipinski definition) is 0. The number of aromatic nitrogens is 4. The van der Waals surface area contributed by atoms with Crippen molar-refractivity contribution in [2.75, 3.05) is 26.8 Å². The lowest BCUT2D eigenvalue weighted by atomic mass is 9.96. The molecule has 1 aliphatic carbocycles. The molecule has 250 valence electrons. The van der Waals surface area contributed by atoms with E-state index in [4.69, 9.17) is 18.9 Å². The molecule has 3 aromatic rings. The average molecular weight is 634 g/mol. The van der Waals surface area contributed by atoms with Gasteiger partial charge < -0.3 is 23.8 Å². The number of likely N-dealkylation sites (tertiary alicyclic amines) is 1. The maximum Gasteiger partial charge on any atom is 0.410 e. The Balaban J connectivity index is 1.40. The molecule has 1 saturated carbocycles. The molecule has 10 heteroatoms. The van der Waals surface area contributed by atoms with E-state index in [1.165, 1.54) is 19.3 Å². The van der Waals surface area contributed by atoms with E-state index in [2.05, 4.69) is 46.6 Å². The Bertz CT molecular complexity index is 1420. The fourth-order valence-corrected chi connectivity index (χ4v) is 6.09. The summed E-state index contributed by atoms with van der Waals surface area (Å²) in [5, 5.41) is 13.8. The number of benzene rings is 1. The minimum absolute atomic E-state index is 0.0536. The molecule has 1 amide bonds. The lowest BCUT2D eigenvalue weighted by Gasteiger charge is -2.33. The van der Waals surface area contributed by atoms with Gasteiger partial charge >= 0.3 is 6.09 Å². The highest BCUT2D eigenvalue weighted by molar-refractivity contribution is 5.78. The van der Waals surface area contributed by atoms with E-state index in [1.807, 2.05) is 37.7 Å². The fourth-order valence-electron chi connectivity index (χ4n) is 6.09. The highest BCUT2D eigenvalue weighted by Crippen LogP contribution is 2.38. The summed E-state index contributed by atoms with van der Waals surface area (Å²) in [6.07, 6.45) is 14.1. The van der Waals surface area contributed by atoms with E-state index >= 15 is 0 Å². The third-order valence-corrected chi connectivity index (χ3v) is 8.60. The van der Waals surface area contributed by atoms with Crippen molar-refractivity contribution < 1.29 is 23.7 Å².